The van der Waals surface area contributed by atoms with Crippen LogP contribution in [0.15, 0.2) is 53.6 Å². The normalized spacial score (nSPS) is 12.0. The highest BCUT2D eigenvalue weighted by Gasteiger charge is 2.13. The lowest BCUT2D eigenvalue weighted by Crippen LogP contribution is -2.21. The number of aryl methyl sites for hydroxylation is 1. The Morgan fingerprint density at radius 3 is 2.23 bits per heavy atom. The standard InChI is InChI=1S/C19H22N2O/c1-19(2,3)16-7-5-14(6-8-16)13-21-12-10-15-9-11-20(4)17(15)18(21)22/h5-12H,13H2,1-4H3. The molecule has 2 heterocycles. The largest absolute Gasteiger partial charge is 0.346 e. The first kappa shape index (κ1) is 14.6. The summed E-state index contributed by atoms with van der Waals surface area (Å²) in [5.74, 6) is 0. The third kappa shape index (κ3) is 2.59. The van der Waals surface area contributed by atoms with E-state index in [2.05, 4.69) is 45.0 Å². The van der Waals surface area contributed by atoms with Gasteiger partial charge in [-0.1, -0.05) is 45.0 Å². The van der Waals surface area contributed by atoms with Gasteiger partial charge in [-0.05, 0) is 28.7 Å². The van der Waals surface area contributed by atoms with E-state index in [1.807, 2.05) is 36.1 Å². The maximum Gasteiger partial charge on any atom is 0.275 e. The fraction of sp³-hybridized carbons (Fsp3) is 0.316. The summed E-state index contributed by atoms with van der Waals surface area (Å²) in [5, 5.41) is 0.992. The van der Waals surface area contributed by atoms with E-state index < -0.39 is 0 Å². The van der Waals surface area contributed by atoms with Crippen LogP contribution in [0.5, 0.6) is 0 Å². The third-order valence-corrected chi connectivity index (χ3v) is 4.17. The summed E-state index contributed by atoms with van der Waals surface area (Å²) >= 11 is 0. The van der Waals surface area contributed by atoms with E-state index in [-0.39, 0.29) is 11.0 Å². The molecule has 0 atom stereocenters. The number of pyridine rings is 1. The summed E-state index contributed by atoms with van der Waals surface area (Å²) < 4.78 is 3.66. The molecule has 3 aromatic rings. The first-order valence-corrected chi connectivity index (χ1v) is 7.60. The topological polar surface area (TPSA) is 26.9 Å². The second-order valence-electron chi connectivity index (χ2n) is 6.93. The first-order chi connectivity index (χ1) is 10.4. The highest BCUT2D eigenvalue weighted by molar-refractivity contribution is 5.78. The monoisotopic (exact) mass is 294 g/mol. The van der Waals surface area contributed by atoms with Gasteiger partial charge in [0.05, 0.1) is 6.54 Å². The highest BCUT2D eigenvalue weighted by Crippen LogP contribution is 2.22. The molecule has 0 amide bonds. The fourth-order valence-corrected chi connectivity index (χ4v) is 2.76. The van der Waals surface area contributed by atoms with Crippen LogP contribution in [0.25, 0.3) is 10.9 Å². The Balaban J connectivity index is 1.95. The number of aromatic nitrogens is 2. The van der Waals surface area contributed by atoms with E-state index in [0.717, 1.165) is 16.5 Å². The zero-order valence-electron chi connectivity index (χ0n) is 13.6. The van der Waals surface area contributed by atoms with Crippen molar-refractivity contribution < 1.29 is 0 Å². The number of hydrogen-bond donors (Lipinski definition) is 0. The van der Waals surface area contributed by atoms with Crippen LogP contribution in [0, 0.1) is 0 Å². The summed E-state index contributed by atoms with van der Waals surface area (Å²) in [6, 6.07) is 12.5. The summed E-state index contributed by atoms with van der Waals surface area (Å²) in [6.07, 6.45) is 3.80. The van der Waals surface area contributed by atoms with Crippen LogP contribution in [0.4, 0.5) is 0 Å². The van der Waals surface area contributed by atoms with Crippen molar-refractivity contribution in [3.63, 3.8) is 0 Å². The van der Waals surface area contributed by atoms with E-state index in [4.69, 9.17) is 0 Å². The zero-order valence-corrected chi connectivity index (χ0v) is 13.6. The maximum atomic E-state index is 12.6. The van der Waals surface area contributed by atoms with Crippen molar-refractivity contribution in [1.82, 2.24) is 9.13 Å². The van der Waals surface area contributed by atoms with Gasteiger partial charge in [-0.15, -0.1) is 0 Å². The molecular weight excluding hydrogens is 272 g/mol. The second-order valence-corrected chi connectivity index (χ2v) is 6.93. The Hall–Kier alpha value is -2.29. The zero-order chi connectivity index (χ0) is 15.9. The molecule has 114 valence electrons. The van der Waals surface area contributed by atoms with E-state index in [9.17, 15) is 4.79 Å². The summed E-state index contributed by atoms with van der Waals surface area (Å²) in [6.45, 7) is 7.21. The molecule has 2 aromatic heterocycles. The van der Waals surface area contributed by atoms with Crippen LogP contribution in [-0.4, -0.2) is 9.13 Å². The van der Waals surface area contributed by atoms with E-state index in [1.54, 1.807) is 4.57 Å². The number of hydrogen-bond acceptors (Lipinski definition) is 1. The molecule has 3 rings (SSSR count). The molecule has 22 heavy (non-hydrogen) atoms. The minimum Gasteiger partial charge on any atom is -0.346 e. The van der Waals surface area contributed by atoms with Gasteiger partial charge < -0.3 is 9.13 Å². The molecule has 3 heteroatoms. The Morgan fingerprint density at radius 1 is 0.955 bits per heavy atom. The molecule has 0 aliphatic rings. The highest BCUT2D eigenvalue weighted by atomic mass is 16.1. The fourth-order valence-electron chi connectivity index (χ4n) is 2.76. The maximum absolute atomic E-state index is 12.6. The Labute approximate surface area is 130 Å². The van der Waals surface area contributed by atoms with Gasteiger partial charge in [0.2, 0.25) is 0 Å². The van der Waals surface area contributed by atoms with Crippen molar-refractivity contribution >= 4 is 10.9 Å². The molecular formula is C19H22N2O. The second kappa shape index (κ2) is 5.16. The molecule has 0 N–H and O–H groups in total. The number of fused-ring (bicyclic) bond motifs is 1. The number of nitrogens with zero attached hydrogens (tertiary/aromatic N) is 2. The smallest absolute Gasteiger partial charge is 0.275 e. The van der Waals surface area contributed by atoms with Gasteiger partial charge in [0.1, 0.15) is 5.52 Å². The molecule has 0 fully saturated rings. The lowest BCUT2D eigenvalue weighted by molar-refractivity contribution is 0.589. The van der Waals surface area contributed by atoms with Gasteiger partial charge in [0.25, 0.3) is 5.56 Å². The van der Waals surface area contributed by atoms with Crippen molar-refractivity contribution in [3.8, 4) is 0 Å². The minimum absolute atomic E-state index is 0.0601. The molecule has 3 nitrogen and oxygen atoms in total. The Morgan fingerprint density at radius 2 is 1.59 bits per heavy atom. The number of rotatable bonds is 2. The molecule has 0 saturated heterocycles. The molecule has 0 saturated carbocycles. The molecule has 0 unspecified atom stereocenters. The van der Waals surface area contributed by atoms with Crippen LogP contribution < -0.4 is 5.56 Å². The predicted molar refractivity (Wildman–Crippen MR) is 91.4 cm³/mol. The van der Waals surface area contributed by atoms with E-state index in [1.165, 1.54) is 5.56 Å². The number of benzene rings is 1. The average molecular weight is 294 g/mol. The lowest BCUT2D eigenvalue weighted by Gasteiger charge is -2.19. The molecule has 0 aliphatic heterocycles. The SMILES string of the molecule is Cn1ccc2ccn(Cc3ccc(C(C)(C)C)cc3)c(=O)c21. The van der Waals surface area contributed by atoms with Gasteiger partial charge >= 0.3 is 0 Å². The molecule has 0 bridgehead atoms. The van der Waals surface area contributed by atoms with Gasteiger partial charge in [-0.3, -0.25) is 4.79 Å². The van der Waals surface area contributed by atoms with Crippen LogP contribution >= 0.6 is 0 Å². The molecule has 1 aromatic carbocycles. The van der Waals surface area contributed by atoms with E-state index in [0.29, 0.717) is 6.54 Å². The van der Waals surface area contributed by atoms with Gasteiger partial charge in [-0.25, -0.2) is 0 Å². The summed E-state index contributed by atoms with van der Waals surface area (Å²) in [7, 11) is 1.91. The van der Waals surface area contributed by atoms with Crippen molar-refractivity contribution in [2.75, 3.05) is 0 Å². The third-order valence-electron chi connectivity index (χ3n) is 4.17. The summed E-state index contributed by atoms with van der Waals surface area (Å²) in [4.78, 5) is 12.6. The van der Waals surface area contributed by atoms with Crippen molar-refractivity contribution in [3.05, 3.63) is 70.3 Å². The Kier molecular flexibility index (Phi) is 3.44. The van der Waals surface area contributed by atoms with Gasteiger partial charge in [-0.2, -0.15) is 0 Å². The van der Waals surface area contributed by atoms with Crippen molar-refractivity contribution in [2.45, 2.75) is 32.7 Å². The lowest BCUT2D eigenvalue weighted by atomic mass is 9.87. The van der Waals surface area contributed by atoms with Crippen LogP contribution in [0.1, 0.15) is 31.9 Å². The minimum atomic E-state index is 0.0601. The van der Waals surface area contributed by atoms with Crippen LogP contribution in [0.2, 0.25) is 0 Å². The quantitative estimate of drug-likeness (QED) is 0.708. The molecule has 0 radical (unpaired) electrons. The van der Waals surface area contributed by atoms with Crippen molar-refractivity contribution in [1.29, 1.82) is 0 Å². The summed E-state index contributed by atoms with van der Waals surface area (Å²) in [5.41, 5.74) is 3.42. The molecule has 0 spiro atoms. The molecule has 0 aliphatic carbocycles. The van der Waals surface area contributed by atoms with Gasteiger partial charge in [0.15, 0.2) is 0 Å². The van der Waals surface area contributed by atoms with E-state index >= 15 is 0 Å². The Bertz CT molecular complexity index is 861. The average Bonchev–Trinajstić information content (AvgIpc) is 2.84. The van der Waals surface area contributed by atoms with Crippen molar-refractivity contribution in [2.24, 2.45) is 7.05 Å². The van der Waals surface area contributed by atoms with Crippen LogP contribution in [0.3, 0.4) is 0 Å². The first-order valence-electron chi connectivity index (χ1n) is 7.60. The predicted octanol–water partition coefficient (Wildman–Crippen LogP) is 3.69. The van der Waals surface area contributed by atoms with Crippen LogP contribution in [-0.2, 0) is 19.0 Å². The van der Waals surface area contributed by atoms with Gasteiger partial charge in [0, 0.05) is 24.8 Å².